The Morgan fingerprint density at radius 1 is 1.28 bits per heavy atom. The summed E-state index contributed by atoms with van der Waals surface area (Å²) in [7, 11) is 1.59. The normalized spacial score (nSPS) is 11.6. The molecule has 2 aromatic heterocycles. The molecule has 0 aliphatic rings. The van der Waals surface area contributed by atoms with Crippen molar-refractivity contribution in [2.24, 2.45) is 0 Å². The lowest BCUT2D eigenvalue weighted by molar-refractivity contribution is -0.117. The van der Waals surface area contributed by atoms with Gasteiger partial charge in [-0.2, -0.15) is 0 Å². The predicted octanol–water partition coefficient (Wildman–Crippen LogP) is 2.69. The fourth-order valence-corrected chi connectivity index (χ4v) is 3.08. The second-order valence-corrected chi connectivity index (χ2v) is 7.48. The minimum atomic E-state index is -0.689. The van der Waals surface area contributed by atoms with Crippen molar-refractivity contribution in [3.8, 4) is 5.88 Å². The average Bonchev–Trinajstić information content (AvgIpc) is 3.03. The summed E-state index contributed by atoms with van der Waals surface area (Å²) in [6.07, 6.45) is 1.49. The van der Waals surface area contributed by atoms with E-state index in [0.29, 0.717) is 29.7 Å². The van der Waals surface area contributed by atoms with Gasteiger partial charge in [-0.05, 0) is 41.1 Å². The number of anilines is 1. The molecule has 0 aliphatic heterocycles. The number of methoxy groups -OCH3 is 1. The van der Waals surface area contributed by atoms with E-state index in [9.17, 15) is 9.59 Å². The molecule has 2 heterocycles. The Morgan fingerprint density at radius 3 is 2.68 bits per heavy atom. The zero-order valence-corrected chi connectivity index (χ0v) is 16.1. The van der Waals surface area contributed by atoms with Crippen LogP contribution in [0.3, 0.4) is 0 Å². The van der Waals surface area contributed by atoms with Crippen molar-refractivity contribution in [3.05, 3.63) is 39.1 Å². The molecule has 0 saturated heterocycles. The van der Waals surface area contributed by atoms with Gasteiger partial charge < -0.3 is 20.1 Å². The first kappa shape index (κ1) is 19.4. The third-order valence-corrected chi connectivity index (χ3v) is 4.70. The lowest BCUT2D eigenvalue weighted by atomic mass is 10.3. The maximum Gasteiger partial charge on any atom is 0.262 e. The maximum atomic E-state index is 12.2. The van der Waals surface area contributed by atoms with E-state index in [1.165, 1.54) is 17.5 Å². The number of hydrogen-bond acceptors (Lipinski definition) is 6. The quantitative estimate of drug-likeness (QED) is 0.632. The molecule has 7 nitrogen and oxygen atoms in total. The summed E-state index contributed by atoms with van der Waals surface area (Å²) < 4.78 is 11.1. The number of rotatable bonds is 8. The minimum absolute atomic E-state index is 0.293. The SMILES string of the molecule is COCCOc1ccc(NC(=O)C(C)NC(=O)c2ccc(Br)s2)cn1. The molecule has 0 fully saturated rings. The molecule has 25 heavy (non-hydrogen) atoms. The molecule has 0 spiro atoms. The summed E-state index contributed by atoms with van der Waals surface area (Å²) in [6.45, 7) is 2.49. The fourth-order valence-electron chi connectivity index (χ4n) is 1.79. The molecule has 0 saturated carbocycles. The van der Waals surface area contributed by atoms with Crippen LogP contribution in [0.15, 0.2) is 34.2 Å². The Balaban J connectivity index is 1.84. The first-order chi connectivity index (χ1) is 12.0. The average molecular weight is 428 g/mol. The standard InChI is InChI=1S/C16H18BrN3O4S/c1-10(19-16(22)12-4-5-13(17)25-12)15(21)20-11-3-6-14(18-9-11)24-8-7-23-2/h3-6,9-10H,7-8H2,1-2H3,(H,19,22)(H,20,21). The topological polar surface area (TPSA) is 89.5 Å². The molecule has 2 N–H and O–H groups in total. The molecule has 1 atom stereocenters. The molecular formula is C16H18BrN3O4S. The van der Waals surface area contributed by atoms with Crippen LogP contribution < -0.4 is 15.4 Å². The summed E-state index contributed by atoms with van der Waals surface area (Å²) in [5, 5.41) is 5.35. The van der Waals surface area contributed by atoms with Crippen LogP contribution >= 0.6 is 27.3 Å². The number of halogens is 1. The maximum absolute atomic E-state index is 12.2. The van der Waals surface area contributed by atoms with Crippen LogP contribution in [-0.2, 0) is 9.53 Å². The Bertz CT molecular complexity index is 720. The summed E-state index contributed by atoms with van der Waals surface area (Å²) in [5.74, 6) is -0.183. The lowest BCUT2D eigenvalue weighted by Crippen LogP contribution is -2.41. The van der Waals surface area contributed by atoms with Crippen molar-refractivity contribution in [2.45, 2.75) is 13.0 Å². The van der Waals surface area contributed by atoms with Crippen molar-refractivity contribution in [3.63, 3.8) is 0 Å². The van der Waals surface area contributed by atoms with Crippen molar-refractivity contribution in [1.29, 1.82) is 0 Å². The fraction of sp³-hybridized carbons (Fsp3) is 0.312. The van der Waals surface area contributed by atoms with E-state index in [1.807, 2.05) is 0 Å². The minimum Gasteiger partial charge on any atom is -0.475 e. The lowest BCUT2D eigenvalue weighted by Gasteiger charge is -2.13. The first-order valence-corrected chi connectivity index (χ1v) is 9.05. The first-order valence-electron chi connectivity index (χ1n) is 7.44. The number of amides is 2. The highest BCUT2D eigenvalue weighted by Crippen LogP contribution is 2.22. The van der Waals surface area contributed by atoms with Gasteiger partial charge in [0.15, 0.2) is 0 Å². The summed E-state index contributed by atoms with van der Waals surface area (Å²) in [6, 6.07) is 6.12. The zero-order chi connectivity index (χ0) is 18.2. The van der Waals surface area contributed by atoms with Crippen LogP contribution in [0.25, 0.3) is 0 Å². The van der Waals surface area contributed by atoms with Crippen LogP contribution in [0.2, 0.25) is 0 Å². The third kappa shape index (κ3) is 6.11. The van der Waals surface area contributed by atoms with Crippen LogP contribution in [0.1, 0.15) is 16.6 Å². The number of pyridine rings is 1. The second kappa shape index (κ2) is 9.50. The number of carbonyl (C=O) groups excluding carboxylic acids is 2. The number of hydrogen-bond donors (Lipinski definition) is 2. The van der Waals surface area contributed by atoms with Gasteiger partial charge in [0.25, 0.3) is 5.91 Å². The van der Waals surface area contributed by atoms with Crippen molar-refractivity contribution >= 4 is 44.8 Å². The largest absolute Gasteiger partial charge is 0.475 e. The third-order valence-electron chi connectivity index (χ3n) is 3.08. The van der Waals surface area contributed by atoms with E-state index < -0.39 is 6.04 Å². The Labute approximate surface area is 157 Å². The van der Waals surface area contributed by atoms with E-state index in [-0.39, 0.29) is 11.8 Å². The van der Waals surface area contributed by atoms with Gasteiger partial charge >= 0.3 is 0 Å². The molecule has 134 valence electrons. The highest BCUT2D eigenvalue weighted by Gasteiger charge is 2.18. The van der Waals surface area contributed by atoms with Gasteiger partial charge in [-0.15, -0.1) is 11.3 Å². The number of nitrogens with zero attached hydrogens (tertiary/aromatic N) is 1. The Kier molecular flexibility index (Phi) is 7.35. The van der Waals surface area contributed by atoms with Gasteiger partial charge in [-0.25, -0.2) is 4.98 Å². The molecule has 0 aromatic carbocycles. The number of thiophene rings is 1. The van der Waals surface area contributed by atoms with Gasteiger partial charge in [0.1, 0.15) is 12.6 Å². The highest BCUT2D eigenvalue weighted by atomic mass is 79.9. The molecule has 2 aromatic rings. The number of nitrogens with one attached hydrogen (secondary N) is 2. The molecule has 2 amide bonds. The van der Waals surface area contributed by atoms with Crippen LogP contribution in [-0.4, -0.2) is 43.2 Å². The molecule has 0 aliphatic carbocycles. The zero-order valence-electron chi connectivity index (χ0n) is 13.7. The van der Waals surface area contributed by atoms with Crippen LogP contribution in [0, 0.1) is 0 Å². The van der Waals surface area contributed by atoms with Crippen molar-refractivity contribution in [2.75, 3.05) is 25.6 Å². The summed E-state index contributed by atoms with van der Waals surface area (Å²) in [5.41, 5.74) is 0.518. The van der Waals surface area contributed by atoms with Crippen molar-refractivity contribution < 1.29 is 19.1 Å². The van der Waals surface area contributed by atoms with E-state index in [0.717, 1.165) is 3.79 Å². The monoisotopic (exact) mass is 427 g/mol. The van der Waals surface area contributed by atoms with Crippen LogP contribution in [0.4, 0.5) is 5.69 Å². The highest BCUT2D eigenvalue weighted by molar-refractivity contribution is 9.11. The molecular weight excluding hydrogens is 410 g/mol. The Morgan fingerprint density at radius 2 is 2.08 bits per heavy atom. The predicted molar refractivity (Wildman–Crippen MR) is 99.2 cm³/mol. The summed E-state index contributed by atoms with van der Waals surface area (Å²) in [4.78, 5) is 28.9. The van der Waals surface area contributed by atoms with E-state index in [4.69, 9.17) is 9.47 Å². The number of ether oxygens (including phenoxy) is 2. The molecule has 2 rings (SSSR count). The van der Waals surface area contributed by atoms with E-state index >= 15 is 0 Å². The number of carbonyl (C=O) groups is 2. The van der Waals surface area contributed by atoms with Gasteiger partial charge in [0.05, 0.1) is 27.2 Å². The van der Waals surface area contributed by atoms with Gasteiger partial charge in [-0.3, -0.25) is 9.59 Å². The summed E-state index contributed by atoms with van der Waals surface area (Å²) >= 11 is 4.60. The van der Waals surface area contributed by atoms with Gasteiger partial charge in [0.2, 0.25) is 11.8 Å². The van der Waals surface area contributed by atoms with Crippen LogP contribution in [0.5, 0.6) is 5.88 Å². The molecule has 0 bridgehead atoms. The smallest absolute Gasteiger partial charge is 0.262 e. The van der Waals surface area contributed by atoms with Crippen molar-refractivity contribution in [1.82, 2.24) is 10.3 Å². The molecule has 1 unspecified atom stereocenters. The number of aromatic nitrogens is 1. The van der Waals surface area contributed by atoms with Gasteiger partial charge in [-0.1, -0.05) is 0 Å². The Hall–Kier alpha value is -1.97. The second-order valence-electron chi connectivity index (χ2n) is 5.01. The van der Waals surface area contributed by atoms with E-state index in [2.05, 4.69) is 31.5 Å². The van der Waals surface area contributed by atoms with Gasteiger partial charge in [0, 0.05) is 13.2 Å². The molecule has 0 radical (unpaired) electrons. The van der Waals surface area contributed by atoms with E-state index in [1.54, 1.807) is 38.3 Å². The molecule has 9 heteroatoms.